The molecule has 2 aliphatic heterocycles. The van der Waals surface area contributed by atoms with Crippen molar-refractivity contribution in [3.63, 3.8) is 0 Å². The lowest BCUT2D eigenvalue weighted by atomic mass is 10.2. The molecule has 28 heavy (non-hydrogen) atoms. The third kappa shape index (κ3) is 4.44. The molecule has 1 unspecified atom stereocenters. The van der Waals surface area contributed by atoms with Crippen LogP contribution in [0, 0.1) is 5.82 Å². The molecule has 1 amide bonds. The molecule has 0 saturated carbocycles. The highest BCUT2D eigenvalue weighted by Crippen LogP contribution is 2.26. The topological polar surface area (TPSA) is 50.8 Å². The lowest BCUT2D eigenvalue weighted by molar-refractivity contribution is 0.0679. The molecule has 2 fully saturated rings. The zero-order valence-corrected chi connectivity index (χ0v) is 15.8. The van der Waals surface area contributed by atoms with Crippen molar-refractivity contribution in [2.75, 3.05) is 36.5 Å². The van der Waals surface area contributed by atoms with Gasteiger partial charge in [-0.25, -0.2) is 4.39 Å². The van der Waals surface area contributed by atoms with Gasteiger partial charge in [-0.1, -0.05) is 0 Å². The summed E-state index contributed by atoms with van der Waals surface area (Å²) in [7, 11) is 0. The van der Waals surface area contributed by atoms with Crippen LogP contribution in [0.5, 0.6) is 5.75 Å². The van der Waals surface area contributed by atoms with Gasteiger partial charge in [-0.05, 0) is 68.1 Å². The molecule has 0 aromatic heterocycles. The molecule has 2 saturated heterocycles. The second kappa shape index (κ2) is 8.61. The van der Waals surface area contributed by atoms with E-state index in [1.54, 1.807) is 36.4 Å². The summed E-state index contributed by atoms with van der Waals surface area (Å²) in [5.41, 5.74) is 1.54. The van der Waals surface area contributed by atoms with Crippen LogP contribution < -0.4 is 15.0 Å². The van der Waals surface area contributed by atoms with Gasteiger partial charge in [-0.3, -0.25) is 4.79 Å². The zero-order chi connectivity index (χ0) is 19.3. The Balaban J connectivity index is 1.34. The second-order valence-electron chi connectivity index (χ2n) is 7.28. The van der Waals surface area contributed by atoms with Crippen LogP contribution in [0.15, 0.2) is 42.5 Å². The van der Waals surface area contributed by atoms with Crippen LogP contribution in [-0.4, -0.2) is 38.3 Å². The maximum absolute atomic E-state index is 14.4. The highest BCUT2D eigenvalue weighted by molar-refractivity contribution is 6.04. The third-order valence-electron chi connectivity index (χ3n) is 5.23. The summed E-state index contributed by atoms with van der Waals surface area (Å²) in [6, 6.07) is 11.8. The predicted octanol–water partition coefficient (Wildman–Crippen LogP) is 4.24. The molecular formula is C22H25FN2O3. The standard InChI is InChI=1S/C22H25FN2O3/c23-20-14-17(7-10-21(20)25-11-1-2-12-25)24-22(26)16-5-8-18(9-6-16)28-15-19-4-3-13-27-19/h5-10,14,19H,1-4,11-13,15H2,(H,24,26). The summed E-state index contributed by atoms with van der Waals surface area (Å²) in [5.74, 6) is 0.115. The van der Waals surface area contributed by atoms with Gasteiger partial charge in [0.25, 0.3) is 5.91 Å². The van der Waals surface area contributed by atoms with Crippen molar-refractivity contribution in [2.45, 2.75) is 31.8 Å². The van der Waals surface area contributed by atoms with Crippen molar-refractivity contribution in [3.05, 3.63) is 53.8 Å². The first kappa shape index (κ1) is 18.7. The predicted molar refractivity (Wildman–Crippen MR) is 107 cm³/mol. The Hall–Kier alpha value is -2.60. The van der Waals surface area contributed by atoms with Crippen LogP contribution in [0.4, 0.5) is 15.8 Å². The number of nitrogens with one attached hydrogen (secondary N) is 1. The van der Waals surface area contributed by atoms with E-state index in [2.05, 4.69) is 5.32 Å². The SMILES string of the molecule is O=C(Nc1ccc(N2CCCC2)c(F)c1)c1ccc(OCC2CCCO2)cc1. The first-order valence-corrected chi connectivity index (χ1v) is 9.89. The number of halogens is 1. The van der Waals surface area contributed by atoms with Gasteiger partial charge < -0.3 is 19.7 Å². The average molecular weight is 384 g/mol. The first-order valence-electron chi connectivity index (χ1n) is 9.89. The summed E-state index contributed by atoms with van der Waals surface area (Å²) < 4.78 is 25.6. The molecule has 6 heteroatoms. The van der Waals surface area contributed by atoms with Crippen LogP contribution in [0.3, 0.4) is 0 Å². The van der Waals surface area contributed by atoms with E-state index in [-0.39, 0.29) is 17.8 Å². The molecule has 1 atom stereocenters. The van der Waals surface area contributed by atoms with E-state index in [1.165, 1.54) is 6.07 Å². The van der Waals surface area contributed by atoms with Crippen molar-refractivity contribution >= 4 is 17.3 Å². The van der Waals surface area contributed by atoms with Gasteiger partial charge in [0, 0.05) is 30.9 Å². The Morgan fingerprint density at radius 1 is 1.14 bits per heavy atom. The van der Waals surface area contributed by atoms with E-state index in [4.69, 9.17) is 9.47 Å². The fourth-order valence-corrected chi connectivity index (χ4v) is 3.67. The number of carbonyl (C=O) groups excluding carboxylic acids is 1. The number of carbonyl (C=O) groups is 1. The van der Waals surface area contributed by atoms with Crippen LogP contribution >= 0.6 is 0 Å². The number of anilines is 2. The van der Waals surface area contributed by atoms with Crippen molar-refractivity contribution in [1.29, 1.82) is 0 Å². The lowest BCUT2D eigenvalue weighted by Crippen LogP contribution is -2.19. The molecule has 5 nitrogen and oxygen atoms in total. The van der Waals surface area contributed by atoms with E-state index in [0.717, 1.165) is 45.4 Å². The summed E-state index contributed by atoms with van der Waals surface area (Å²) >= 11 is 0. The number of hydrogen-bond donors (Lipinski definition) is 1. The van der Waals surface area contributed by atoms with E-state index in [1.807, 2.05) is 4.90 Å². The number of ether oxygens (including phenoxy) is 2. The van der Waals surface area contributed by atoms with E-state index in [0.29, 0.717) is 29.3 Å². The van der Waals surface area contributed by atoms with Crippen molar-refractivity contribution in [1.82, 2.24) is 0 Å². The minimum absolute atomic E-state index is 0.154. The monoisotopic (exact) mass is 384 g/mol. The van der Waals surface area contributed by atoms with E-state index < -0.39 is 0 Å². The maximum atomic E-state index is 14.4. The molecule has 2 aromatic carbocycles. The van der Waals surface area contributed by atoms with Gasteiger partial charge in [0.2, 0.25) is 0 Å². The molecule has 4 rings (SSSR count). The summed E-state index contributed by atoms with van der Waals surface area (Å²) in [5, 5.41) is 2.75. The highest BCUT2D eigenvalue weighted by atomic mass is 19.1. The fraction of sp³-hybridized carbons (Fsp3) is 0.409. The van der Waals surface area contributed by atoms with Gasteiger partial charge in [0.05, 0.1) is 11.8 Å². The number of nitrogens with zero attached hydrogens (tertiary/aromatic N) is 1. The highest BCUT2D eigenvalue weighted by Gasteiger charge is 2.17. The molecular weight excluding hydrogens is 359 g/mol. The summed E-state index contributed by atoms with van der Waals surface area (Å²) in [4.78, 5) is 14.5. The lowest BCUT2D eigenvalue weighted by Gasteiger charge is -2.18. The zero-order valence-electron chi connectivity index (χ0n) is 15.8. The number of benzene rings is 2. The molecule has 2 aliphatic rings. The average Bonchev–Trinajstić information content (AvgIpc) is 3.41. The molecule has 0 aliphatic carbocycles. The Morgan fingerprint density at radius 2 is 1.93 bits per heavy atom. The van der Waals surface area contributed by atoms with E-state index in [9.17, 15) is 9.18 Å². The molecule has 2 heterocycles. The Morgan fingerprint density at radius 3 is 2.61 bits per heavy atom. The minimum Gasteiger partial charge on any atom is -0.491 e. The van der Waals surface area contributed by atoms with Gasteiger partial charge in [-0.15, -0.1) is 0 Å². The Labute approximate surface area is 164 Å². The Bertz CT molecular complexity index is 813. The smallest absolute Gasteiger partial charge is 0.255 e. The Kier molecular flexibility index (Phi) is 5.76. The van der Waals surface area contributed by atoms with Crippen LogP contribution in [0.2, 0.25) is 0 Å². The van der Waals surface area contributed by atoms with Crippen LogP contribution in [0.25, 0.3) is 0 Å². The number of amides is 1. The molecule has 1 N–H and O–H groups in total. The summed E-state index contributed by atoms with van der Waals surface area (Å²) in [6.45, 7) is 3.08. The molecule has 2 aromatic rings. The van der Waals surface area contributed by atoms with Crippen LogP contribution in [-0.2, 0) is 4.74 Å². The quantitative estimate of drug-likeness (QED) is 0.810. The second-order valence-corrected chi connectivity index (χ2v) is 7.28. The van der Waals surface area contributed by atoms with E-state index >= 15 is 0 Å². The van der Waals surface area contributed by atoms with Gasteiger partial charge in [0.1, 0.15) is 18.2 Å². The van der Waals surface area contributed by atoms with Crippen molar-refractivity contribution in [2.24, 2.45) is 0 Å². The summed E-state index contributed by atoms with van der Waals surface area (Å²) in [6.07, 6.45) is 4.43. The number of rotatable bonds is 6. The van der Waals surface area contributed by atoms with Gasteiger partial charge in [-0.2, -0.15) is 0 Å². The molecule has 0 bridgehead atoms. The maximum Gasteiger partial charge on any atom is 0.255 e. The van der Waals surface area contributed by atoms with Crippen LogP contribution in [0.1, 0.15) is 36.0 Å². The third-order valence-corrected chi connectivity index (χ3v) is 5.23. The van der Waals surface area contributed by atoms with Gasteiger partial charge >= 0.3 is 0 Å². The van der Waals surface area contributed by atoms with Crippen molar-refractivity contribution < 1.29 is 18.7 Å². The number of hydrogen-bond acceptors (Lipinski definition) is 4. The van der Waals surface area contributed by atoms with Crippen molar-refractivity contribution in [3.8, 4) is 5.75 Å². The largest absolute Gasteiger partial charge is 0.491 e. The minimum atomic E-state index is -0.308. The molecule has 0 spiro atoms. The molecule has 0 radical (unpaired) electrons. The molecule has 148 valence electrons. The fourth-order valence-electron chi connectivity index (χ4n) is 3.67. The normalized spacial score (nSPS) is 19.0. The first-order chi connectivity index (χ1) is 13.7. The van der Waals surface area contributed by atoms with Gasteiger partial charge in [0.15, 0.2) is 0 Å².